The summed E-state index contributed by atoms with van der Waals surface area (Å²) in [6, 6.07) is 8.15. The van der Waals surface area contributed by atoms with Crippen LogP contribution in [0.3, 0.4) is 0 Å². The number of hydrogen-bond acceptors (Lipinski definition) is 4. The van der Waals surface area contributed by atoms with Crippen LogP contribution >= 0.6 is 11.6 Å². The van der Waals surface area contributed by atoms with Crippen molar-refractivity contribution in [3.05, 3.63) is 51.4 Å². The number of benzene rings is 1. The molecule has 1 aromatic heterocycles. The van der Waals surface area contributed by atoms with Crippen molar-refractivity contribution in [3.8, 4) is 0 Å². The van der Waals surface area contributed by atoms with E-state index in [2.05, 4.69) is 10.4 Å². The molecule has 2 aromatic rings. The molecule has 106 valence electrons. The number of anilines is 2. The lowest BCUT2D eigenvalue weighted by molar-refractivity contribution is 0.708. The lowest BCUT2D eigenvalue weighted by atomic mass is 10.2. The predicted molar refractivity (Wildman–Crippen MR) is 82.6 cm³/mol. The van der Waals surface area contributed by atoms with Crippen LogP contribution in [0.4, 0.5) is 11.4 Å². The van der Waals surface area contributed by atoms with E-state index in [4.69, 9.17) is 11.6 Å². The Kier molecular flexibility index (Phi) is 4.29. The highest BCUT2D eigenvalue weighted by atomic mass is 35.5. The second-order valence-corrected chi connectivity index (χ2v) is 5.09. The minimum atomic E-state index is -0.306. The minimum Gasteiger partial charge on any atom is -0.378 e. The Morgan fingerprint density at radius 2 is 1.95 bits per heavy atom. The third-order valence-corrected chi connectivity index (χ3v) is 3.38. The zero-order valence-electron chi connectivity index (χ0n) is 11.7. The Morgan fingerprint density at radius 3 is 2.55 bits per heavy atom. The van der Waals surface area contributed by atoms with Gasteiger partial charge in [0.15, 0.2) is 0 Å². The highest BCUT2D eigenvalue weighted by Crippen LogP contribution is 2.17. The molecule has 1 aromatic carbocycles. The lowest BCUT2D eigenvalue weighted by Gasteiger charge is -2.13. The van der Waals surface area contributed by atoms with Gasteiger partial charge in [-0.3, -0.25) is 4.79 Å². The summed E-state index contributed by atoms with van der Waals surface area (Å²) in [5.74, 6) is 0. The van der Waals surface area contributed by atoms with Gasteiger partial charge in [-0.05, 0) is 17.7 Å². The first-order chi connectivity index (χ1) is 9.49. The van der Waals surface area contributed by atoms with Crippen LogP contribution in [0.15, 0.2) is 35.3 Å². The predicted octanol–water partition coefficient (Wildman–Crippen LogP) is 2.11. The van der Waals surface area contributed by atoms with E-state index in [9.17, 15) is 4.79 Å². The van der Waals surface area contributed by atoms with Gasteiger partial charge in [-0.2, -0.15) is 5.10 Å². The van der Waals surface area contributed by atoms with Crippen molar-refractivity contribution in [2.24, 2.45) is 7.05 Å². The summed E-state index contributed by atoms with van der Waals surface area (Å²) in [7, 11) is 5.56. The molecule has 5 nitrogen and oxygen atoms in total. The Balaban J connectivity index is 2.09. The maximum absolute atomic E-state index is 11.6. The Morgan fingerprint density at radius 1 is 1.30 bits per heavy atom. The van der Waals surface area contributed by atoms with Crippen molar-refractivity contribution in [2.45, 2.75) is 6.54 Å². The first-order valence-corrected chi connectivity index (χ1v) is 6.59. The second-order valence-electron chi connectivity index (χ2n) is 4.72. The van der Waals surface area contributed by atoms with Gasteiger partial charge >= 0.3 is 0 Å². The van der Waals surface area contributed by atoms with Crippen LogP contribution in [0.5, 0.6) is 0 Å². The van der Waals surface area contributed by atoms with Crippen LogP contribution in [0.2, 0.25) is 5.02 Å². The van der Waals surface area contributed by atoms with Gasteiger partial charge in [0.1, 0.15) is 5.02 Å². The number of aromatic nitrogens is 2. The summed E-state index contributed by atoms with van der Waals surface area (Å²) in [5, 5.41) is 7.22. The summed E-state index contributed by atoms with van der Waals surface area (Å²) >= 11 is 5.99. The third-order valence-electron chi connectivity index (χ3n) is 3.01. The smallest absolute Gasteiger partial charge is 0.287 e. The number of hydrogen-bond donors (Lipinski definition) is 1. The molecule has 0 atom stereocenters. The van der Waals surface area contributed by atoms with Crippen LogP contribution in [-0.2, 0) is 13.6 Å². The molecule has 0 bridgehead atoms. The molecule has 0 amide bonds. The fourth-order valence-electron chi connectivity index (χ4n) is 1.74. The van der Waals surface area contributed by atoms with Gasteiger partial charge in [0, 0.05) is 33.4 Å². The second kappa shape index (κ2) is 5.96. The number of halogens is 1. The maximum atomic E-state index is 11.6. The number of aryl methyl sites for hydroxylation is 1. The molecule has 0 spiro atoms. The van der Waals surface area contributed by atoms with E-state index in [1.165, 1.54) is 4.68 Å². The van der Waals surface area contributed by atoms with Crippen molar-refractivity contribution in [1.29, 1.82) is 0 Å². The molecule has 0 fully saturated rings. The third kappa shape index (κ3) is 3.11. The van der Waals surface area contributed by atoms with Gasteiger partial charge in [0.05, 0.1) is 11.9 Å². The van der Waals surface area contributed by atoms with Crippen molar-refractivity contribution in [2.75, 3.05) is 24.3 Å². The zero-order chi connectivity index (χ0) is 14.7. The van der Waals surface area contributed by atoms with Gasteiger partial charge < -0.3 is 10.2 Å². The molecule has 0 radical (unpaired) electrons. The summed E-state index contributed by atoms with van der Waals surface area (Å²) in [6.07, 6.45) is 1.55. The Labute approximate surface area is 122 Å². The highest BCUT2D eigenvalue weighted by molar-refractivity contribution is 6.32. The fraction of sp³-hybridized carbons (Fsp3) is 0.286. The van der Waals surface area contributed by atoms with E-state index in [1.807, 2.05) is 43.3 Å². The van der Waals surface area contributed by atoms with E-state index in [0.717, 1.165) is 11.3 Å². The van der Waals surface area contributed by atoms with Gasteiger partial charge in [0.2, 0.25) is 0 Å². The van der Waals surface area contributed by atoms with Gasteiger partial charge in [-0.25, -0.2) is 4.68 Å². The zero-order valence-corrected chi connectivity index (χ0v) is 12.5. The molecule has 0 saturated carbocycles. The Hall–Kier alpha value is -2.01. The standard InChI is InChI=1S/C14H17ClN4O/c1-18(2)11-6-4-10(5-7-11)8-16-12-9-17-19(3)14(20)13(12)15/h4-7,9,16H,8H2,1-3H3. The van der Waals surface area contributed by atoms with Crippen LogP contribution < -0.4 is 15.8 Å². The minimum absolute atomic E-state index is 0.160. The molecule has 0 aliphatic rings. The summed E-state index contributed by atoms with van der Waals surface area (Å²) in [5.41, 5.74) is 2.49. The lowest BCUT2D eigenvalue weighted by Crippen LogP contribution is -2.21. The first kappa shape index (κ1) is 14.4. The molecule has 20 heavy (non-hydrogen) atoms. The summed E-state index contributed by atoms with van der Waals surface area (Å²) < 4.78 is 1.21. The number of nitrogens with zero attached hydrogens (tertiary/aromatic N) is 3. The van der Waals surface area contributed by atoms with Gasteiger partial charge in [-0.15, -0.1) is 0 Å². The van der Waals surface area contributed by atoms with Crippen molar-refractivity contribution in [3.63, 3.8) is 0 Å². The van der Waals surface area contributed by atoms with Gasteiger partial charge in [0.25, 0.3) is 5.56 Å². The van der Waals surface area contributed by atoms with Crippen LogP contribution in [0.1, 0.15) is 5.56 Å². The number of nitrogens with one attached hydrogen (secondary N) is 1. The normalized spacial score (nSPS) is 10.4. The Bertz CT molecular complexity index is 649. The fourth-order valence-corrected chi connectivity index (χ4v) is 1.98. The van der Waals surface area contributed by atoms with Crippen molar-refractivity contribution < 1.29 is 0 Å². The maximum Gasteiger partial charge on any atom is 0.287 e. The van der Waals surface area contributed by atoms with E-state index in [1.54, 1.807) is 13.2 Å². The van der Waals surface area contributed by atoms with Crippen LogP contribution in [-0.4, -0.2) is 23.9 Å². The van der Waals surface area contributed by atoms with E-state index in [-0.39, 0.29) is 10.6 Å². The molecular formula is C14H17ClN4O. The monoisotopic (exact) mass is 292 g/mol. The molecule has 0 saturated heterocycles. The first-order valence-electron chi connectivity index (χ1n) is 6.21. The van der Waals surface area contributed by atoms with Crippen LogP contribution in [0, 0.1) is 0 Å². The average molecular weight is 293 g/mol. The molecule has 6 heteroatoms. The summed E-state index contributed by atoms with van der Waals surface area (Å²) in [4.78, 5) is 13.7. The van der Waals surface area contributed by atoms with Crippen molar-refractivity contribution in [1.82, 2.24) is 9.78 Å². The highest BCUT2D eigenvalue weighted by Gasteiger charge is 2.06. The topological polar surface area (TPSA) is 50.2 Å². The van der Waals surface area contributed by atoms with Crippen LogP contribution in [0.25, 0.3) is 0 Å². The molecule has 1 N–H and O–H groups in total. The summed E-state index contributed by atoms with van der Waals surface area (Å²) in [6.45, 7) is 0.586. The quantitative estimate of drug-likeness (QED) is 0.938. The molecular weight excluding hydrogens is 276 g/mol. The molecule has 1 heterocycles. The molecule has 0 aliphatic heterocycles. The molecule has 2 rings (SSSR count). The van der Waals surface area contributed by atoms with Crippen molar-refractivity contribution >= 4 is 23.0 Å². The molecule has 0 unspecified atom stereocenters. The SMILES string of the molecule is CN(C)c1ccc(CNc2cnn(C)c(=O)c2Cl)cc1. The largest absolute Gasteiger partial charge is 0.378 e. The van der Waals surface area contributed by atoms with E-state index >= 15 is 0 Å². The van der Waals surface area contributed by atoms with Gasteiger partial charge in [-0.1, -0.05) is 23.7 Å². The molecule has 0 aliphatic carbocycles. The average Bonchev–Trinajstić information content (AvgIpc) is 2.44. The number of rotatable bonds is 4. The van der Waals surface area contributed by atoms with E-state index in [0.29, 0.717) is 12.2 Å². The van der Waals surface area contributed by atoms with E-state index < -0.39 is 0 Å².